The summed E-state index contributed by atoms with van der Waals surface area (Å²) in [4.78, 5) is 16.5. The summed E-state index contributed by atoms with van der Waals surface area (Å²) in [6.07, 6.45) is 0. The second-order valence-electron chi connectivity index (χ2n) is 5.83. The summed E-state index contributed by atoms with van der Waals surface area (Å²) in [5.74, 6) is 0.581. The van der Waals surface area contributed by atoms with Gasteiger partial charge in [-0.1, -0.05) is 48.0 Å². The van der Waals surface area contributed by atoms with Crippen LogP contribution in [0.1, 0.15) is 16.1 Å². The van der Waals surface area contributed by atoms with Crippen LogP contribution in [0.25, 0.3) is 11.3 Å². The van der Waals surface area contributed by atoms with E-state index in [-0.39, 0.29) is 12.5 Å². The molecule has 25 heavy (non-hydrogen) atoms. The van der Waals surface area contributed by atoms with E-state index in [4.69, 9.17) is 4.74 Å². The molecule has 3 rings (SSSR count). The van der Waals surface area contributed by atoms with Crippen LogP contribution in [0.5, 0.6) is 5.75 Å². The smallest absolute Gasteiger partial charge is 0.258 e. The number of ether oxygens (including phenoxy) is 1. The first-order chi connectivity index (χ1) is 12.1. The third-order valence-electron chi connectivity index (χ3n) is 3.75. The van der Waals surface area contributed by atoms with E-state index < -0.39 is 0 Å². The van der Waals surface area contributed by atoms with Gasteiger partial charge in [-0.3, -0.25) is 4.79 Å². The molecule has 0 atom stereocenters. The van der Waals surface area contributed by atoms with Crippen LogP contribution in [0.3, 0.4) is 0 Å². The molecular weight excluding hydrogens is 332 g/mol. The third kappa shape index (κ3) is 4.67. The minimum Gasteiger partial charge on any atom is -0.484 e. The van der Waals surface area contributed by atoms with Gasteiger partial charge in [-0.15, -0.1) is 11.3 Å². The normalized spacial score (nSPS) is 10.5. The van der Waals surface area contributed by atoms with Crippen molar-refractivity contribution in [2.24, 2.45) is 0 Å². The van der Waals surface area contributed by atoms with E-state index in [1.54, 1.807) is 0 Å². The van der Waals surface area contributed by atoms with Crippen molar-refractivity contribution >= 4 is 17.2 Å². The van der Waals surface area contributed by atoms with E-state index in [9.17, 15) is 4.79 Å². The SMILES string of the molecule is Cc1ccc(OCC(=O)NCc2nc(-c3ccccc3)cs2)c(C)c1. The van der Waals surface area contributed by atoms with Gasteiger partial charge in [0.2, 0.25) is 0 Å². The van der Waals surface area contributed by atoms with Gasteiger partial charge in [0.15, 0.2) is 6.61 Å². The topological polar surface area (TPSA) is 51.2 Å². The fourth-order valence-electron chi connectivity index (χ4n) is 2.46. The molecule has 1 N–H and O–H groups in total. The number of aryl methyl sites for hydroxylation is 2. The number of amides is 1. The minimum absolute atomic E-state index is 0.000812. The Morgan fingerprint density at radius 2 is 1.96 bits per heavy atom. The molecule has 1 heterocycles. The van der Waals surface area contributed by atoms with Crippen LogP contribution in [0.15, 0.2) is 53.9 Å². The monoisotopic (exact) mass is 352 g/mol. The Bertz CT molecular complexity index is 859. The van der Waals surface area contributed by atoms with Crippen molar-refractivity contribution in [1.29, 1.82) is 0 Å². The maximum atomic E-state index is 12.0. The molecule has 0 saturated heterocycles. The minimum atomic E-state index is -0.156. The highest BCUT2D eigenvalue weighted by molar-refractivity contribution is 7.09. The van der Waals surface area contributed by atoms with Crippen molar-refractivity contribution in [3.63, 3.8) is 0 Å². The Hall–Kier alpha value is -2.66. The zero-order valence-electron chi connectivity index (χ0n) is 14.3. The summed E-state index contributed by atoms with van der Waals surface area (Å²) in [5.41, 5.74) is 4.21. The zero-order valence-corrected chi connectivity index (χ0v) is 15.1. The van der Waals surface area contributed by atoms with Crippen LogP contribution in [-0.4, -0.2) is 17.5 Å². The Morgan fingerprint density at radius 1 is 1.16 bits per heavy atom. The summed E-state index contributed by atoms with van der Waals surface area (Å²) in [6, 6.07) is 15.9. The third-order valence-corrected chi connectivity index (χ3v) is 4.60. The second kappa shape index (κ2) is 7.94. The first-order valence-electron chi connectivity index (χ1n) is 8.08. The molecule has 3 aromatic rings. The molecular formula is C20H20N2O2S. The predicted molar refractivity (Wildman–Crippen MR) is 101 cm³/mol. The molecule has 0 bridgehead atoms. The number of nitrogens with zero attached hydrogens (tertiary/aromatic N) is 1. The molecule has 1 aromatic heterocycles. The summed E-state index contributed by atoms with van der Waals surface area (Å²) in [5, 5.41) is 5.73. The number of aromatic nitrogens is 1. The van der Waals surface area contributed by atoms with Crippen LogP contribution >= 0.6 is 11.3 Å². The van der Waals surface area contributed by atoms with Crippen molar-refractivity contribution < 1.29 is 9.53 Å². The molecule has 0 fully saturated rings. The number of thiazole rings is 1. The van der Waals surface area contributed by atoms with Gasteiger partial charge in [0.1, 0.15) is 10.8 Å². The van der Waals surface area contributed by atoms with Gasteiger partial charge < -0.3 is 10.1 Å². The van der Waals surface area contributed by atoms with Crippen molar-refractivity contribution in [2.45, 2.75) is 20.4 Å². The lowest BCUT2D eigenvalue weighted by molar-refractivity contribution is -0.123. The summed E-state index contributed by atoms with van der Waals surface area (Å²) >= 11 is 1.54. The highest BCUT2D eigenvalue weighted by Crippen LogP contribution is 2.21. The molecule has 2 aromatic carbocycles. The molecule has 0 aliphatic rings. The van der Waals surface area contributed by atoms with Gasteiger partial charge in [-0.2, -0.15) is 0 Å². The van der Waals surface area contributed by atoms with Crippen LogP contribution in [-0.2, 0) is 11.3 Å². The molecule has 1 amide bonds. The van der Waals surface area contributed by atoms with Crippen molar-refractivity contribution in [2.75, 3.05) is 6.61 Å². The zero-order chi connectivity index (χ0) is 17.6. The molecule has 0 unspecified atom stereocenters. The lowest BCUT2D eigenvalue weighted by atomic mass is 10.1. The first-order valence-corrected chi connectivity index (χ1v) is 8.96. The van der Waals surface area contributed by atoms with E-state index in [0.717, 1.165) is 27.6 Å². The van der Waals surface area contributed by atoms with Gasteiger partial charge in [0, 0.05) is 10.9 Å². The largest absolute Gasteiger partial charge is 0.484 e. The van der Waals surface area contributed by atoms with E-state index in [1.165, 1.54) is 16.9 Å². The number of benzene rings is 2. The van der Waals surface area contributed by atoms with Gasteiger partial charge in [0.05, 0.1) is 12.2 Å². The molecule has 0 aliphatic carbocycles. The quantitative estimate of drug-likeness (QED) is 0.726. The van der Waals surface area contributed by atoms with E-state index >= 15 is 0 Å². The Morgan fingerprint density at radius 3 is 2.72 bits per heavy atom. The average molecular weight is 352 g/mol. The molecule has 0 saturated carbocycles. The van der Waals surface area contributed by atoms with Gasteiger partial charge in [-0.05, 0) is 25.5 Å². The van der Waals surface area contributed by atoms with Crippen LogP contribution in [0.2, 0.25) is 0 Å². The average Bonchev–Trinajstić information content (AvgIpc) is 3.09. The molecule has 0 radical (unpaired) electrons. The molecule has 0 spiro atoms. The number of hydrogen-bond donors (Lipinski definition) is 1. The molecule has 128 valence electrons. The van der Waals surface area contributed by atoms with Gasteiger partial charge in [0.25, 0.3) is 5.91 Å². The predicted octanol–water partition coefficient (Wildman–Crippen LogP) is 4.12. The van der Waals surface area contributed by atoms with Crippen LogP contribution in [0, 0.1) is 13.8 Å². The van der Waals surface area contributed by atoms with Crippen molar-refractivity contribution in [3.05, 3.63) is 70.0 Å². The van der Waals surface area contributed by atoms with Crippen LogP contribution in [0.4, 0.5) is 0 Å². The van der Waals surface area contributed by atoms with Gasteiger partial charge in [-0.25, -0.2) is 4.98 Å². The number of nitrogens with one attached hydrogen (secondary N) is 1. The van der Waals surface area contributed by atoms with Crippen LogP contribution < -0.4 is 10.1 Å². The molecule has 5 heteroatoms. The maximum Gasteiger partial charge on any atom is 0.258 e. The Labute approximate surface area is 151 Å². The standard InChI is InChI=1S/C20H20N2O2S/c1-14-8-9-18(15(2)10-14)24-12-19(23)21-11-20-22-17(13-25-20)16-6-4-3-5-7-16/h3-10,13H,11-12H2,1-2H3,(H,21,23). The van der Waals surface area contributed by atoms with Gasteiger partial charge >= 0.3 is 0 Å². The Kier molecular flexibility index (Phi) is 5.46. The number of rotatable bonds is 6. The highest BCUT2D eigenvalue weighted by atomic mass is 32.1. The number of carbonyl (C=O) groups is 1. The summed E-state index contributed by atoms with van der Waals surface area (Å²) in [6.45, 7) is 4.41. The number of hydrogen-bond acceptors (Lipinski definition) is 4. The fourth-order valence-corrected chi connectivity index (χ4v) is 3.21. The van der Waals surface area contributed by atoms with Crippen molar-refractivity contribution in [3.8, 4) is 17.0 Å². The van der Waals surface area contributed by atoms with E-state index in [1.807, 2.05) is 67.8 Å². The summed E-state index contributed by atoms with van der Waals surface area (Å²) < 4.78 is 5.59. The molecule has 4 nitrogen and oxygen atoms in total. The van der Waals surface area contributed by atoms with E-state index in [2.05, 4.69) is 10.3 Å². The van der Waals surface area contributed by atoms with Crippen molar-refractivity contribution in [1.82, 2.24) is 10.3 Å². The number of carbonyl (C=O) groups excluding carboxylic acids is 1. The maximum absolute atomic E-state index is 12.0. The fraction of sp³-hybridized carbons (Fsp3) is 0.200. The second-order valence-corrected chi connectivity index (χ2v) is 6.77. The lowest BCUT2D eigenvalue weighted by Crippen LogP contribution is -2.28. The first kappa shape index (κ1) is 17.2. The highest BCUT2D eigenvalue weighted by Gasteiger charge is 2.08. The van der Waals surface area contributed by atoms with E-state index in [0.29, 0.717) is 6.54 Å². The molecule has 0 aliphatic heterocycles. The summed E-state index contributed by atoms with van der Waals surface area (Å²) in [7, 11) is 0. The lowest BCUT2D eigenvalue weighted by Gasteiger charge is -2.09. The Balaban J connectivity index is 1.50.